The topological polar surface area (TPSA) is 53.3 Å². The first-order valence-electron chi connectivity index (χ1n) is 7.77. The minimum atomic E-state index is -0.624. The summed E-state index contributed by atoms with van der Waals surface area (Å²) < 4.78 is 4.58. The average molecular weight is 320 g/mol. The lowest BCUT2D eigenvalue weighted by Gasteiger charge is -2.23. The molecule has 0 aliphatic carbocycles. The molecule has 24 heavy (non-hydrogen) atoms. The zero-order chi connectivity index (χ0) is 17.4. The maximum atomic E-state index is 11.5. The van der Waals surface area contributed by atoms with E-state index in [9.17, 15) is 4.79 Å². The normalized spacial score (nSPS) is 10.8. The summed E-state index contributed by atoms with van der Waals surface area (Å²) in [6.07, 6.45) is 1.53. The molecule has 0 aliphatic heterocycles. The number of nitriles is 1. The predicted octanol–water partition coefficient (Wildman–Crippen LogP) is 3.79. The number of ether oxygens (including phenoxy) is 1. The fraction of sp³-hybridized carbons (Fsp3) is 0.200. The number of rotatable bonds is 6. The van der Waals surface area contributed by atoms with Gasteiger partial charge in [-0.2, -0.15) is 5.26 Å². The SMILES string of the molecule is CCN(Cc1ccccc1)c1ccc(/C=C(/C#N)C(=O)OC)cc1. The Labute approximate surface area is 142 Å². The molecule has 0 saturated heterocycles. The van der Waals surface area contributed by atoms with Crippen molar-refractivity contribution in [2.45, 2.75) is 13.5 Å². The number of hydrogen-bond acceptors (Lipinski definition) is 4. The Bertz CT molecular complexity index is 743. The van der Waals surface area contributed by atoms with Gasteiger partial charge in [0, 0.05) is 18.8 Å². The highest BCUT2D eigenvalue weighted by Crippen LogP contribution is 2.19. The Morgan fingerprint density at radius 2 is 1.83 bits per heavy atom. The number of carbonyl (C=O) groups excluding carboxylic acids is 1. The highest BCUT2D eigenvalue weighted by molar-refractivity contribution is 5.97. The van der Waals surface area contributed by atoms with Crippen LogP contribution in [-0.2, 0) is 16.1 Å². The number of methoxy groups -OCH3 is 1. The maximum absolute atomic E-state index is 11.5. The first-order chi connectivity index (χ1) is 11.7. The highest BCUT2D eigenvalue weighted by Gasteiger charge is 2.09. The van der Waals surface area contributed by atoms with E-state index >= 15 is 0 Å². The molecule has 0 spiro atoms. The molecule has 0 heterocycles. The van der Waals surface area contributed by atoms with E-state index in [0.717, 1.165) is 24.3 Å². The predicted molar refractivity (Wildman–Crippen MR) is 95.2 cm³/mol. The quantitative estimate of drug-likeness (QED) is 0.461. The zero-order valence-electron chi connectivity index (χ0n) is 13.9. The third-order valence-electron chi connectivity index (χ3n) is 3.69. The lowest BCUT2D eigenvalue weighted by Crippen LogP contribution is -2.21. The van der Waals surface area contributed by atoms with Gasteiger partial charge in [-0.3, -0.25) is 0 Å². The first kappa shape index (κ1) is 17.3. The van der Waals surface area contributed by atoms with E-state index in [1.54, 1.807) is 0 Å². The van der Waals surface area contributed by atoms with E-state index in [1.165, 1.54) is 18.7 Å². The molecule has 2 aromatic carbocycles. The molecule has 2 aromatic rings. The van der Waals surface area contributed by atoms with E-state index < -0.39 is 5.97 Å². The van der Waals surface area contributed by atoms with Crippen molar-refractivity contribution in [2.75, 3.05) is 18.6 Å². The van der Waals surface area contributed by atoms with Gasteiger partial charge in [0.1, 0.15) is 11.6 Å². The molecular weight excluding hydrogens is 300 g/mol. The number of anilines is 1. The second kappa shape index (κ2) is 8.54. The van der Waals surface area contributed by atoms with Crippen molar-refractivity contribution >= 4 is 17.7 Å². The van der Waals surface area contributed by atoms with Crippen molar-refractivity contribution in [3.05, 3.63) is 71.3 Å². The summed E-state index contributed by atoms with van der Waals surface area (Å²) in [6, 6.07) is 19.9. The molecule has 0 fully saturated rings. The van der Waals surface area contributed by atoms with Crippen molar-refractivity contribution in [3.63, 3.8) is 0 Å². The summed E-state index contributed by atoms with van der Waals surface area (Å²) in [5.74, 6) is -0.624. The van der Waals surface area contributed by atoms with Gasteiger partial charge in [0.05, 0.1) is 7.11 Å². The van der Waals surface area contributed by atoms with E-state index in [2.05, 4.69) is 28.7 Å². The van der Waals surface area contributed by atoms with Crippen LogP contribution in [0.3, 0.4) is 0 Å². The fourth-order valence-electron chi connectivity index (χ4n) is 2.38. The largest absolute Gasteiger partial charge is 0.465 e. The molecule has 4 heteroatoms. The van der Waals surface area contributed by atoms with Crippen molar-refractivity contribution in [2.24, 2.45) is 0 Å². The molecule has 4 nitrogen and oxygen atoms in total. The Kier molecular flexibility index (Phi) is 6.16. The zero-order valence-corrected chi connectivity index (χ0v) is 13.9. The van der Waals surface area contributed by atoms with Crippen molar-refractivity contribution in [1.29, 1.82) is 5.26 Å². The van der Waals surface area contributed by atoms with E-state index in [1.807, 2.05) is 48.5 Å². The maximum Gasteiger partial charge on any atom is 0.348 e. The lowest BCUT2D eigenvalue weighted by atomic mass is 10.1. The van der Waals surface area contributed by atoms with Crippen LogP contribution in [0.1, 0.15) is 18.1 Å². The van der Waals surface area contributed by atoms with Crippen molar-refractivity contribution < 1.29 is 9.53 Å². The van der Waals surface area contributed by atoms with Crippen molar-refractivity contribution in [1.82, 2.24) is 0 Å². The third-order valence-corrected chi connectivity index (χ3v) is 3.69. The molecule has 0 aliphatic rings. The van der Waals surface area contributed by atoms with Gasteiger partial charge in [0.15, 0.2) is 0 Å². The van der Waals surface area contributed by atoms with Crippen LogP contribution in [0.4, 0.5) is 5.69 Å². The first-order valence-corrected chi connectivity index (χ1v) is 7.77. The molecule has 0 saturated carbocycles. The molecule has 0 N–H and O–H groups in total. The Morgan fingerprint density at radius 3 is 2.38 bits per heavy atom. The Hall–Kier alpha value is -3.06. The third kappa shape index (κ3) is 4.47. The van der Waals surface area contributed by atoms with E-state index in [0.29, 0.717) is 0 Å². The summed E-state index contributed by atoms with van der Waals surface area (Å²) in [5, 5.41) is 9.01. The standard InChI is InChI=1S/C20H20N2O2/c1-3-22(15-17-7-5-4-6-8-17)19-11-9-16(10-12-19)13-18(14-21)20(23)24-2/h4-13H,3,15H2,1-2H3/b18-13-. The average Bonchev–Trinajstić information content (AvgIpc) is 2.65. The van der Waals surface area contributed by atoms with E-state index in [-0.39, 0.29) is 5.57 Å². The van der Waals surface area contributed by atoms with Crippen LogP contribution in [0.5, 0.6) is 0 Å². The van der Waals surface area contributed by atoms with Gasteiger partial charge in [0.2, 0.25) is 0 Å². The summed E-state index contributed by atoms with van der Waals surface area (Å²) in [4.78, 5) is 13.7. The molecule has 0 atom stereocenters. The van der Waals surface area contributed by atoms with Crippen molar-refractivity contribution in [3.8, 4) is 6.07 Å². The summed E-state index contributed by atoms with van der Waals surface area (Å²) in [6.45, 7) is 3.83. The lowest BCUT2D eigenvalue weighted by molar-refractivity contribution is -0.135. The minimum Gasteiger partial charge on any atom is -0.465 e. The number of nitrogens with zero attached hydrogens (tertiary/aromatic N) is 2. The number of carbonyl (C=O) groups is 1. The summed E-state index contributed by atoms with van der Waals surface area (Å²) >= 11 is 0. The minimum absolute atomic E-state index is 0.0121. The van der Waals surface area contributed by atoms with E-state index in [4.69, 9.17) is 5.26 Å². The molecule has 0 radical (unpaired) electrons. The van der Waals surface area contributed by atoms with Crippen LogP contribution in [0.2, 0.25) is 0 Å². The van der Waals surface area contributed by atoms with Crippen LogP contribution in [0.25, 0.3) is 6.08 Å². The van der Waals surface area contributed by atoms with Crippen LogP contribution in [-0.4, -0.2) is 19.6 Å². The number of benzene rings is 2. The van der Waals surface area contributed by atoms with Gasteiger partial charge >= 0.3 is 5.97 Å². The smallest absolute Gasteiger partial charge is 0.348 e. The molecular formula is C20H20N2O2. The molecule has 122 valence electrons. The number of esters is 1. The Balaban J connectivity index is 2.17. The van der Waals surface area contributed by atoms with Crippen LogP contribution < -0.4 is 4.90 Å². The van der Waals surface area contributed by atoms with Crippen LogP contribution >= 0.6 is 0 Å². The molecule has 0 aromatic heterocycles. The van der Waals surface area contributed by atoms with Crippen LogP contribution in [0, 0.1) is 11.3 Å². The molecule has 0 unspecified atom stereocenters. The van der Waals surface area contributed by atoms with Gasteiger partial charge in [0.25, 0.3) is 0 Å². The van der Waals surface area contributed by atoms with Gasteiger partial charge < -0.3 is 9.64 Å². The molecule has 0 amide bonds. The number of hydrogen-bond donors (Lipinski definition) is 0. The van der Waals surface area contributed by atoms with Gasteiger partial charge in [-0.05, 0) is 36.3 Å². The second-order valence-corrected chi connectivity index (χ2v) is 5.25. The summed E-state index contributed by atoms with van der Waals surface area (Å²) in [7, 11) is 1.26. The highest BCUT2D eigenvalue weighted by atomic mass is 16.5. The van der Waals surface area contributed by atoms with Crippen LogP contribution in [0.15, 0.2) is 60.2 Å². The Morgan fingerprint density at radius 1 is 1.17 bits per heavy atom. The molecule has 0 bridgehead atoms. The van der Waals surface area contributed by atoms with Gasteiger partial charge in [-0.25, -0.2) is 4.79 Å². The monoisotopic (exact) mass is 320 g/mol. The molecule has 2 rings (SSSR count). The van der Waals surface area contributed by atoms with Gasteiger partial charge in [-0.15, -0.1) is 0 Å². The summed E-state index contributed by atoms with van der Waals surface area (Å²) in [5.41, 5.74) is 3.12. The second-order valence-electron chi connectivity index (χ2n) is 5.25. The van der Waals surface area contributed by atoms with Gasteiger partial charge in [-0.1, -0.05) is 42.5 Å². The fourth-order valence-corrected chi connectivity index (χ4v) is 2.38.